The molecule has 0 aliphatic carbocycles. The van der Waals surface area contributed by atoms with Crippen LogP contribution in [0.3, 0.4) is 0 Å². The first-order valence-corrected chi connectivity index (χ1v) is 5.77. The number of H-pyrrole nitrogens is 1. The van der Waals surface area contributed by atoms with Gasteiger partial charge in [-0.15, -0.1) is 0 Å². The standard InChI is InChI=1S/C13H13N3O3/c17-12-11(13(18)19)10(5-8-16-12)15-7-4-9-3-1-2-6-14-9/h1-3,5-6,8H,4,7H2,(H,18,19)(H2,15,16,17). The molecule has 0 saturated carbocycles. The van der Waals surface area contributed by atoms with E-state index in [1.165, 1.54) is 12.3 Å². The minimum atomic E-state index is -1.25. The highest BCUT2D eigenvalue weighted by Crippen LogP contribution is 2.09. The lowest BCUT2D eigenvalue weighted by Crippen LogP contribution is -2.20. The van der Waals surface area contributed by atoms with Gasteiger partial charge in [-0.1, -0.05) is 6.07 Å². The molecule has 0 aliphatic heterocycles. The van der Waals surface area contributed by atoms with Gasteiger partial charge in [0.05, 0.1) is 5.69 Å². The molecule has 0 radical (unpaired) electrons. The highest BCUT2D eigenvalue weighted by molar-refractivity contribution is 5.93. The van der Waals surface area contributed by atoms with Gasteiger partial charge in [-0.2, -0.15) is 0 Å². The molecule has 0 spiro atoms. The van der Waals surface area contributed by atoms with Gasteiger partial charge in [0.15, 0.2) is 0 Å². The number of carbonyl (C=O) groups is 1. The number of aromatic nitrogens is 2. The first-order valence-electron chi connectivity index (χ1n) is 5.77. The summed E-state index contributed by atoms with van der Waals surface area (Å²) in [5, 5.41) is 11.9. The van der Waals surface area contributed by atoms with E-state index in [0.717, 1.165) is 5.69 Å². The summed E-state index contributed by atoms with van der Waals surface area (Å²) in [4.78, 5) is 28.9. The minimum absolute atomic E-state index is 0.275. The summed E-state index contributed by atoms with van der Waals surface area (Å²) in [6.45, 7) is 0.501. The molecule has 0 aromatic carbocycles. The fraction of sp³-hybridized carbons (Fsp3) is 0.154. The molecule has 3 N–H and O–H groups in total. The summed E-state index contributed by atoms with van der Waals surface area (Å²) >= 11 is 0. The Hall–Kier alpha value is -2.63. The summed E-state index contributed by atoms with van der Waals surface area (Å²) in [7, 11) is 0. The van der Waals surface area contributed by atoms with Crippen molar-refractivity contribution in [1.82, 2.24) is 9.97 Å². The summed E-state index contributed by atoms with van der Waals surface area (Å²) in [6.07, 6.45) is 3.76. The van der Waals surface area contributed by atoms with E-state index >= 15 is 0 Å². The fourth-order valence-electron chi connectivity index (χ4n) is 1.71. The van der Waals surface area contributed by atoms with Gasteiger partial charge in [-0.05, 0) is 18.2 Å². The number of pyridine rings is 2. The normalized spacial score (nSPS) is 10.1. The first kappa shape index (κ1) is 12.8. The summed E-state index contributed by atoms with van der Waals surface area (Å²) in [5.41, 5.74) is 0.322. The van der Waals surface area contributed by atoms with Crippen molar-refractivity contribution >= 4 is 11.7 Å². The summed E-state index contributed by atoms with van der Waals surface area (Å²) in [5.74, 6) is -1.25. The van der Waals surface area contributed by atoms with Crippen molar-refractivity contribution in [3.8, 4) is 0 Å². The Balaban J connectivity index is 2.06. The Morgan fingerprint density at radius 3 is 2.89 bits per heavy atom. The van der Waals surface area contributed by atoms with Gasteiger partial charge in [0, 0.05) is 31.1 Å². The lowest BCUT2D eigenvalue weighted by molar-refractivity contribution is 0.0696. The third kappa shape index (κ3) is 3.19. The fourth-order valence-corrected chi connectivity index (χ4v) is 1.71. The van der Waals surface area contributed by atoms with Crippen molar-refractivity contribution in [3.05, 3.63) is 58.3 Å². The monoisotopic (exact) mass is 259 g/mol. The molecule has 0 bridgehead atoms. The zero-order valence-corrected chi connectivity index (χ0v) is 10.1. The van der Waals surface area contributed by atoms with Crippen LogP contribution in [0.2, 0.25) is 0 Å². The Morgan fingerprint density at radius 2 is 2.21 bits per heavy atom. The van der Waals surface area contributed by atoms with Gasteiger partial charge in [-0.3, -0.25) is 9.78 Å². The molecule has 98 valence electrons. The Morgan fingerprint density at radius 1 is 1.37 bits per heavy atom. The number of nitrogens with zero attached hydrogens (tertiary/aromatic N) is 1. The topological polar surface area (TPSA) is 95.1 Å². The number of nitrogens with one attached hydrogen (secondary N) is 2. The van der Waals surface area contributed by atoms with E-state index in [-0.39, 0.29) is 5.56 Å². The number of carboxylic acid groups (broad SMARTS) is 1. The molecular weight excluding hydrogens is 246 g/mol. The smallest absolute Gasteiger partial charge is 0.343 e. The molecule has 6 nitrogen and oxygen atoms in total. The third-order valence-corrected chi connectivity index (χ3v) is 2.60. The molecule has 0 aliphatic rings. The van der Waals surface area contributed by atoms with E-state index in [0.29, 0.717) is 18.7 Å². The maximum Gasteiger partial charge on any atom is 0.343 e. The lowest BCUT2D eigenvalue weighted by atomic mass is 10.2. The van der Waals surface area contributed by atoms with Crippen LogP contribution >= 0.6 is 0 Å². The van der Waals surface area contributed by atoms with Crippen LogP contribution in [0.4, 0.5) is 5.69 Å². The molecule has 2 heterocycles. The van der Waals surface area contributed by atoms with Crippen LogP contribution in [0.1, 0.15) is 16.1 Å². The average molecular weight is 259 g/mol. The lowest BCUT2D eigenvalue weighted by Gasteiger charge is -2.08. The maximum absolute atomic E-state index is 11.4. The number of rotatable bonds is 5. The van der Waals surface area contributed by atoms with E-state index in [4.69, 9.17) is 5.11 Å². The maximum atomic E-state index is 11.4. The second-order valence-electron chi connectivity index (χ2n) is 3.90. The predicted octanol–water partition coefficient (Wildman–Crippen LogP) is 1.12. The summed E-state index contributed by atoms with van der Waals surface area (Å²) in [6, 6.07) is 7.13. The van der Waals surface area contributed by atoms with Gasteiger partial charge in [0.1, 0.15) is 5.56 Å². The molecule has 0 amide bonds. The second kappa shape index (κ2) is 5.81. The number of aromatic carboxylic acids is 1. The second-order valence-corrected chi connectivity index (χ2v) is 3.90. The van der Waals surface area contributed by atoms with Crippen LogP contribution in [0.5, 0.6) is 0 Å². The van der Waals surface area contributed by atoms with Crippen LogP contribution in [0.15, 0.2) is 41.5 Å². The van der Waals surface area contributed by atoms with Crippen LogP contribution in [0.25, 0.3) is 0 Å². The number of anilines is 1. The molecule has 6 heteroatoms. The van der Waals surface area contributed by atoms with Crippen molar-refractivity contribution in [2.45, 2.75) is 6.42 Å². The number of hydrogen-bond acceptors (Lipinski definition) is 4. The predicted molar refractivity (Wildman–Crippen MR) is 70.5 cm³/mol. The average Bonchev–Trinajstić information content (AvgIpc) is 2.39. The molecule has 2 aromatic rings. The van der Waals surface area contributed by atoms with Gasteiger partial charge in [-0.25, -0.2) is 4.79 Å². The quantitative estimate of drug-likeness (QED) is 0.748. The number of carboxylic acids is 1. The Kier molecular flexibility index (Phi) is 3.92. The van der Waals surface area contributed by atoms with Crippen LogP contribution in [-0.4, -0.2) is 27.6 Å². The van der Waals surface area contributed by atoms with Crippen molar-refractivity contribution in [2.24, 2.45) is 0 Å². The van der Waals surface area contributed by atoms with E-state index in [9.17, 15) is 9.59 Å². The molecule has 19 heavy (non-hydrogen) atoms. The first-order chi connectivity index (χ1) is 9.18. The Labute approximate surface area is 109 Å². The number of hydrogen-bond donors (Lipinski definition) is 3. The molecule has 2 aromatic heterocycles. The van der Waals surface area contributed by atoms with Gasteiger partial charge < -0.3 is 15.4 Å². The van der Waals surface area contributed by atoms with E-state index in [2.05, 4.69) is 15.3 Å². The molecule has 2 rings (SSSR count). The zero-order chi connectivity index (χ0) is 13.7. The van der Waals surface area contributed by atoms with Gasteiger partial charge in [0.25, 0.3) is 5.56 Å². The minimum Gasteiger partial charge on any atom is -0.477 e. The van der Waals surface area contributed by atoms with Gasteiger partial charge in [0.2, 0.25) is 0 Å². The number of aromatic amines is 1. The summed E-state index contributed by atoms with van der Waals surface area (Å²) < 4.78 is 0. The highest BCUT2D eigenvalue weighted by atomic mass is 16.4. The van der Waals surface area contributed by atoms with Crippen molar-refractivity contribution in [1.29, 1.82) is 0 Å². The van der Waals surface area contributed by atoms with Crippen LogP contribution < -0.4 is 10.9 Å². The van der Waals surface area contributed by atoms with E-state index in [1.54, 1.807) is 6.20 Å². The van der Waals surface area contributed by atoms with Gasteiger partial charge >= 0.3 is 5.97 Å². The Bertz CT molecular complexity index is 623. The highest BCUT2D eigenvalue weighted by Gasteiger charge is 2.13. The molecular formula is C13H13N3O3. The van der Waals surface area contributed by atoms with E-state index in [1.807, 2.05) is 18.2 Å². The van der Waals surface area contributed by atoms with Crippen LogP contribution in [0, 0.1) is 0 Å². The third-order valence-electron chi connectivity index (χ3n) is 2.60. The van der Waals surface area contributed by atoms with Crippen LogP contribution in [-0.2, 0) is 6.42 Å². The zero-order valence-electron chi connectivity index (χ0n) is 10.1. The molecule has 0 fully saturated rings. The molecule has 0 saturated heterocycles. The van der Waals surface area contributed by atoms with E-state index < -0.39 is 11.5 Å². The van der Waals surface area contributed by atoms with Crippen molar-refractivity contribution in [3.63, 3.8) is 0 Å². The molecule has 0 unspecified atom stereocenters. The van der Waals surface area contributed by atoms with Crippen molar-refractivity contribution < 1.29 is 9.90 Å². The van der Waals surface area contributed by atoms with Crippen molar-refractivity contribution in [2.75, 3.05) is 11.9 Å². The largest absolute Gasteiger partial charge is 0.477 e. The molecule has 0 atom stereocenters. The SMILES string of the molecule is O=C(O)c1c(NCCc2ccccn2)cc[nH]c1=O.